The molecule has 1 amide bonds. The number of hydrogen-bond donors (Lipinski definition) is 1. The summed E-state index contributed by atoms with van der Waals surface area (Å²) in [5, 5.41) is 1.41. The lowest BCUT2D eigenvalue weighted by molar-refractivity contribution is -0.138. The average molecular weight is 548 g/mol. The van der Waals surface area contributed by atoms with E-state index in [1.54, 1.807) is 48.5 Å². The topological polar surface area (TPSA) is 29.1 Å². The molecule has 0 saturated carbocycles. The Bertz CT molecular complexity index is 1350. The zero-order valence-corrected chi connectivity index (χ0v) is 20.3. The molecule has 196 valence electrons. The summed E-state index contributed by atoms with van der Waals surface area (Å²) in [6.45, 7) is 0. The summed E-state index contributed by atoms with van der Waals surface area (Å²) < 4.78 is 82.6. The Labute approximate surface area is 219 Å². The van der Waals surface area contributed by atoms with Gasteiger partial charge in [-0.05, 0) is 53.1 Å². The first-order chi connectivity index (χ1) is 17.9. The Balaban J connectivity index is 2.05. The van der Waals surface area contributed by atoms with Gasteiger partial charge in [-0.3, -0.25) is 4.79 Å². The van der Waals surface area contributed by atoms with Crippen molar-refractivity contribution >= 4 is 17.5 Å². The van der Waals surface area contributed by atoms with Crippen molar-refractivity contribution in [1.29, 1.82) is 0 Å². The molecular weight excluding hydrogens is 528 g/mol. The Kier molecular flexibility index (Phi) is 7.56. The third kappa shape index (κ3) is 5.55. The number of hydrogen-bond acceptors (Lipinski definition) is 1. The van der Waals surface area contributed by atoms with E-state index in [0.29, 0.717) is 5.56 Å². The first-order valence-corrected chi connectivity index (χ1v) is 11.8. The molecule has 0 saturated heterocycles. The van der Waals surface area contributed by atoms with Gasteiger partial charge in [0.15, 0.2) is 0 Å². The van der Waals surface area contributed by atoms with Crippen LogP contribution in [0.3, 0.4) is 0 Å². The van der Waals surface area contributed by atoms with E-state index in [9.17, 15) is 31.1 Å². The van der Waals surface area contributed by atoms with Crippen molar-refractivity contribution in [2.24, 2.45) is 0 Å². The molecule has 1 N–H and O–H groups in total. The van der Waals surface area contributed by atoms with Crippen LogP contribution in [0.15, 0.2) is 109 Å². The van der Waals surface area contributed by atoms with Gasteiger partial charge in [-0.2, -0.15) is 26.3 Å². The molecule has 1 atom stereocenters. The molecule has 2 nitrogen and oxygen atoms in total. The predicted molar refractivity (Wildman–Crippen MR) is 133 cm³/mol. The number of rotatable bonds is 6. The van der Waals surface area contributed by atoms with Gasteiger partial charge in [-0.15, -0.1) is 11.6 Å². The van der Waals surface area contributed by atoms with E-state index in [4.69, 9.17) is 11.6 Å². The fraction of sp³-hybridized carbons (Fsp3) is 0.138. The second kappa shape index (κ2) is 10.5. The molecule has 0 aliphatic rings. The minimum absolute atomic E-state index is 0.139. The van der Waals surface area contributed by atoms with E-state index in [-0.39, 0.29) is 16.7 Å². The van der Waals surface area contributed by atoms with Crippen LogP contribution in [0.2, 0.25) is 0 Å². The maximum Gasteiger partial charge on any atom is 0.416 e. The molecule has 4 aromatic rings. The molecule has 1 unspecified atom stereocenters. The predicted octanol–water partition coefficient (Wildman–Crippen LogP) is 8.38. The van der Waals surface area contributed by atoms with Gasteiger partial charge in [0.25, 0.3) is 5.91 Å². The van der Waals surface area contributed by atoms with Gasteiger partial charge in [0.05, 0.1) is 16.5 Å². The maximum atomic E-state index is 13.8. The summed E-state index contributed by atoms with van der Waals surface area (Å²) >= 11 is 6.99. The lowest BCUT2D eigenvalue weighted by Crippen LogP contribution is -2.50. The minimum atomic E-state index is -4.76. The number of carbonyl (C=O) groups is 1. The van der Waals surface area contributed by atoms with Crippen LogP contribution in [0.25, 0.3) is 0 Å². The lowest BCUT2D eigenvalue weighted by atomic mass is 9.76. The summed E-state index contributed by atoms with van der Waals surface area (Å²) in [7, 11) is 0. The van der Waals surface area contributed by atoms with Crippen LogP contribution >= 0.6 is 11.6 Å². The number of nitrogens with one attached hydrogen (secondary N) is 1. The standard InChI is InChI=1S/C29H20ClF6NO/c30-25(19-9-3-1-4-10-19)27(37-26(38)20-11-5-2-6-12-20,21-13-7-15-23(17-21)28(31,32)33)22-14-8-16-24(18-22)29(34,35)36/h1-18,25H,(H,37,38). The molecule has 0 spiro atoms. The van der Waals surface area contributed by atoms with Gasteiger partial charge in [0.2, 0.25) is 0 Å². The van der Waals surface area contributed by atoms with Crippen molar-refractivity contribution in [2.75, 3.05) is 0 Å². The molecule has 9 heteroatoms. The number of halogens is 7. The second-order valence-electron chi connectivity index (χ2n) is 8.56. The summed E-state index contributed by atoms with van der Waals surface area (Å²) in [5.74, 6) is -0.734. The van der Waals surface area contributed by atoms with E-state index >= 15 is 0 Å². The summed E-state index contributed by atoms with van der Waals surface area (Å²) in [4.78, 5) is 13.5. The van der Waals surface area contributed by atoms with Crippen molar-refractivity contribution in [3.63, 3.8) is 0 Å². The molecule has 38 heavy (non-hydrogen) atoms. The van der Waals surface area contributed by atoms with Crippen molar-refractivity contribution < 1.29 is 31.1 Å². The highest BCUT2D eigenvalue weighted by molar-refractivity contribution is 6.22. The van der Waals surface area contributed by atoms with E-state index < -0.39 is 40.3 Å². The van der Waals surface area contributed by atoms with Gasteiger partial charge in [-0.25, -0.2) is 0 Å². The second-order valence-corrected chi connectivity index (χ2v) is 8.99. The van der Waals surface area contributed by atoms with Crippen LogP contribution in [0.1, 0.15) is 43.6 Å². The number of alkyl halides is 7. The van der Waals surface area contributed by atoms with Crippen LogP contribution in [0.5, 0.6) is 0 Å². The third-order valence-corrected chi connectivity index (χ3v) is 6.69. The molecule has 0 bridgehead atoms. The Hall–Kier alpha value is -3.78. The Morgan fingerprint density at radius 3 is 1.47 bits per heavy atom. The molecule has 0 radical (unpaired) electrons. The summed E-state index contributed by atoms with van der Waals surface area (Å²) in [5.41, 5.74) is -3.89. The zero-order chi connectivity index (χ0) is 27.6. The van der Waals surface area contributed by atoms with Crippen LogP contribution in [-0.2, 0) is 17.9 Å². The lowest BCUT2D eigenvalue weighted by Gasteiger charge is -2.40. The minimum Gasteiger partial charge on any atom is -0.337 e. The third-order valence-electron chi connectivity index (χ3n) is 6.11. The number of carbonyl (C=O) groups excluding carboxylic acids is 1. The molecule has 4 rings (SSSR count). The highest BCUT2D eigenvalue weighted by atomic mass is 35.5. The molecular formula is C29H20ClF6NO. The molecule has 0 heterocycles. The number of benzene rings is 4. The van der Waals surface area contributed by atoms with Crippen molar-refractivity contribution in [2.45, 2.75) is 23.3 Å². The summed E-state index contributed by atoms with van der Waals surface area (Å²) in [6.07, 6.45) is -9.51. The Morgan fingerprint density at radius 2 is 1.03 bits per heavy atom. The SMILES string of the molecule is O=C(NC(c1cccc(C(F)(F)F)c1)(c1cccc(C(F)(F)F)c1)C(Cl)c1ccccc1)c1ccccc1. The molecule has 0 aliphatic heterocycles. The van der Waals surface area contributed by atoms with E-state index in [1.807, 2.05) is 0 Å². The molecule has 0 aromatic heterocycles. The molecule has 0 aliphatic carbocycles. The fourth-order valence-corrected chi connectivity index (χ4v) is 4.71. The van der Waals surface area contributed by atoms with E-state index in [1.165, 1.54) is 24.3 Å². The van der Waals surface area contributed by atoms with Crippen molar-refractivity contribution in [3.8, 4) is 0 Å². The Morgan fingerprint density at radius 1 is 0.605 bits per heavy atom. The first kappa shape index (κ1) is 27.3. The van der Waals surface area contributed by atoms with E-state index in [0.717, 1.165) is 36.4 Å². The number of amides is 1. The van der Waals surface area contributed by atoms with Crippen LogP contribution < -0.4 is 5.32 Å². The molecule has 4 aromatic carbocycles. The zero-order valence-electron chi connectivity index (χ0n) is 19.5. The van der Waals surface area contributed by atoms with Crippen LogP contribution in [0.4, 0.5) is 26.3 Å². The van der Waals surface area contributed by atoms with Gasteiger partial charge in [-0.1, -0.05) is 72.8 Å². The van der Waals surface area contributed by atoms with Crippen LogP contribution in [-0.4, -0.2) is 5.91 Å². The van der Waals surface area contributed by atoms with E-state index in [2.05, 4.69) is 5.32 Å². The maximum absolute atomic E-state index is 13.8. The highest BCUT2D eigenvalue weighted by Gasteiger charge is 2.46. The van der Waals surface area contributed by atoms with Crippen molar-refractivity contribution in [3.05, 3.63) is 143 Å². The largest absolute Gasteiger partial charge is 0.416 e. The average Bonchev–Trinajstić information content (AvgIpc) is 2.91. The van der Waals surface area contributed by atoms with Crippen LogP contribution in [0, 0.1) is 0 Å². The van der Waals surface area contributed by atoms with Gasteiger partial charge >= 0.3 is 12.4 Å². The van der Waals surface area contributed by atoms with Gasteiger partial charge in [0, 0.05) is 5.56 Å². The smallest absolute Gasteiger partial charge is 0.337 e. The monoisotopic (exact) mass is 547 g/mol. The quantitative estimate of drug-likeness (QED) is 0.191. The fourth-order valence-electron chi connectivity index (χ4n) is 4.26. The van der Waals surface area contributed by atoms with Gasteiger partial charge < -0.3 is 5.32 Å². The molecule has 0 fully saturated rings. The highest BCUT2D eigenvalue weighted by Crippen LogP contribution is 2.47. The summed E-state index contributed by atoms with van der Waals surface area (Å²) in [6, 6.07) is 24.0. The normalized spacial score (nSPS) is 13.1. The van der Waals surface area contributed by atoms with Crippen molar-refractivity contribution in [1.82, 2.24) is 5.32 Å². The first-order valence-electron chi connectivity index (χ1n) is 11.3. The van der Waals surface area contributed by atoms with Gasteiger partial charge in [0.1, 0.15) is 5.54 Å².